The molecular formula is C15H18FNO3. The van der Waals surface area contributed by atoms with E-state index in [1.54, 1.807) is 17.9 Å². The fourth-order valence-electron chi connectivity index (χ4n) is 2.52. The smallest absolute Gasteiger partial charge is 0.310 e. The zero-order valence-corrected chi connectivity index (χ0v) is 11.7. The highest BCUT2D eigenvalue weighted by Crippen LogP contribution is 2.21. The number of ether oxygens (including phenoxy) is 1. The maximum atomic E-state index is 13.3. The first-order chi connectivity index (χ1) is 9.52. The third-order valence-corrected chi connectivity index (χ3v) is 3.67. The molecule has 1 amide bonds. The largest absolute Gasteiger partial charge is 0.469 e. The minimum Gasteiger partial charge on any atom is -0.469 e. The van der Waals surface area contributed by atoms with Crippen molar-refractivity contribution < 1.29 is 18.7 Å². The van der Waals surface area contributed by atoms with Crippen molar-refractivity contribution in [2.75, 3.05) is 20.2 Å². The number of hydrogen-bond acceptors (Lipinski definition) is 3. The average Bonchev–Trinajstić information content (AvgIpc) is 2.48. The van der Waals surface area contributed by atoms with Gasteiger partial charge in [0.25, 0.3) is 5.91 Å². The van der Waals surface area contributed by atoms with E-state index >= 15 is 0 Å². The molecule has 4 nitrogen and oxygen atoms in total. The van der Waals surface area contributed by atoms with Crippen LogP contribution in [0.5, 0.6) is 0 Å². The molecule has 0 aliphatic carbocycles. The number of carbonyl (C=O) groups is 2. The number of esters is 1. The van der Waals surface area contributed by atoms with Crippen LogP contribution in [0, 0.1) is 18.7 Å². The van der Waals surface area contributed by atoms with Crippen LogP contribution >= 0.6 is 0 Å². The van der Waals surface area contributed by atoms with Crippen LogP contribution < -0.4 is 0 Å². The normalized spacial score (nSPS) is 18.8. The van der Waals surface area contributed by atoms with Crippen LogP contribution in [0.1, 0.15) is 28.8 Å². The number of halogens is 1. The van der Waals surface area contributed by atoms with Crippen LogP contribution in [-0.4, -0.2) is 37.0 Å². The lowest BCUT2D eigenvalue weighted by atomic mass is 9.97. The van der Waals surface area contributed by atoms with Crippen molar-refractivity contribution in [1.29, 1.82) is 0 Å². The lowest BCUT2D eigenvalue weighted by Crippen LogP contribution is -2.42. The Labute approximate surface area is 117 Å². The SMILES string of the molecule is COC(=O)C1CCCN(C(=O)c2cc(F)ccc2C)C1. The van der Waals surface area contributed by atoms with Crippen LogP contribution in [-0.2, 0) is 9.53 Å². The van der Waals surface area contributed by atoms with Gasteiger partial charge in [-0.15, -0.1) is 0 Å². The van der Waals surface area contributed by atoms with Crippen molar-refractivity contribution in [1.82, 2.24) is 4.90 Å². The molecule has 1 heterocycles. The fraction of sp³-hybridized carbons (Fsp3) is 0.467. The fourth-order valence-corrected chi connectivity index (χ4v) is 2.52. The summed E-state index contributed by atoms with van der Waals surface area (Å²) >= 11 is 0. The first-order valence-electron chi connectivity index (χ1n) is 6.66. The van der Waals surface area contributed by atoms with Crippen LogP contribution in [0.4, 0.5) is 4.39 Å². The molecule has 0 N–H and O–H groups in total. The molecule has 0 aromatic heterocycles. The van der Waals surface area contributed by atoms with Gasteiger partial charge in [0, 0.05) is 18.7 Å². The van der Waals surface area contributed by atoms with E-state index in [1.165, 1.54) is 19.2 Å². The number of aryl methyl sites for hydroxylation is 1. The number of carbonyl (C=O) groups excluding carboxylic acids is 2. The zero-order valence-electron chi connectivity index (χ0n) is 11.7. The van der Waals surface area contributed by atoms with Gasteiger partial charge < -0.3 is 9.64 Å². The molecule has 1 fully saturated rings. The standard InChI is InChI=1S/C15H18FNO3/c1-10-5-6-12(16)8-13(10)14(18)17-7-3-4-11(9-17)15(19)20-2/h5-6,8,11H,3-4,7,9H2,1-2H3. The number of hydrogen-bond donors (Lipinski definition) is 0. The molecule has 108 valence electrons. The molecule has 1 aromatic carbocycles. The molecule has 0 radical (unpaired) electrons. The predicted molar refractivity (Wildman–Crippen MR) is 71.8 cm³/mol. The van der Waals surface area contributed by atoms with E-state index < -0.39 is 5.82 Å². The summed E-state index contributed by atoms with van der Waals surface area (Å²) in [6.45, 7) is 2.69. The minimum atomic E-state index is -0.430. The number of nitrogens with zero attached hydrogens (tertiary/aromatic N) is 1. The van der Waals surface area contributed by atoms with Crippen LogP contribution in [0.2, 0.25) is 0 Å². The highest BCUT2D eigenvalue weighted by Gasteiger charge is 2.30. The third kappa shape index (κ3) is 2.98. The molecule has 1 saturated heterocycles. The third-order valence-electron chi connectivity index (χ3n) is 3.67. The second-order valence-corrected chi connectivity index (χ2v) is 5.07. The molecule has 1 aliphatic heterocycles. The number of methoxy groups -OCH3 is 1. The Morgan fingerprint density at radius 2 is 2.15 bits per heavy atom. The lowest BCUT2D eigenvalue weighted by Gasteiger charge is -2.31. The molecule has 1 atom stereocenters. The number of likely N-dealkylation sites (tertiary alicyclic amines) is 1. The van der Waals surface area contributed by atoms with E-state index in [1.807, 2.05) is 0 Å². The topological polar surface area (TPSA) is 46.6 Å². The van der Waals surface area contributed by atoms with E-state index in [9.17, 15) is 14.0 Å². The molecule has 1 aliphatic rings. The quantitative estimate of drug-likeness (QED) is 0.779. The van der Waals surface area contributed by atoms with E-state index in [2.05, 4.69) is 0 Å². The van der Waals surface area contributed by atoms with Crippen LogP contribution in [0.15, 0.2) is 18.2 Å². The van der Waals surface area contributed by atoms with E-state index in [0.29, 0.717) is 18.7 Å². The maximum absolute atomic E-state index is 13.3. The van der Waals surface area contributed by atoms with Gasteiger partial charge in [-0.1, -0.05) is 6.07 Å². The first-order valence-corrected chi connectivity index (χ1v) is 6.66. The molecule has 0 spiro atoms. The van der Waals surface area contributed by atoms with Gasteiger partial charge in [0.15, 0.2) is 0 Å². The number of amides is 1. The van der Waals surface area contributed by atoms with Gasteiger partial charge in [-0.25, -0.2) is 4.39 Å². The molecule has 1 unspecified atom stereocenters. The van der Waals surface area contributed by atoms with Crippen LogP contribution in [0.25, 0.3) is 0 Å². The predicted octanol–water partition coefficient (Wildman–Crippen LogP) is 2.16. The van der Waals surface area contributed by atoms with Crippen molar-refractivity contribution >= 4 is 11.9 Å². The Balaban J connectivity index is 2.16. The van der Waals surface area contributed by atoms with Gasteiger partial charge >= 0.3 is 5.97 Å². The molecule has 0 bridgehead atoms. The van der Waals surface area contributed by atoms with E-state index in [4.69, 9.17) is 4.74 Å². The summed E-state index contributed by atoms with van der Waals surface area (Å²) in [6.07, 6.45) is 1.47. The van der Waals surface area contributed by atoms with Gasteiger partial charge in [-0.2, -0.15) is 0 Å². The second kappa shape index (κ2) is 6.03. The highest BCUT2D eigenvalue weighted by molar-refractivity contribution is 5.96. The average molecular weight is 279 g/mol. The van der Waals surface area contributed by atoms with Crippen molar-refractivity contribution in [3.8, 4) is 0 Å². The highest BCUT2D eigenvalue weighted by atomic mass is 19.1. The van der Waals surface area contributed by atoms with Crippen molar-refractivity contribution in [3.63, 3.8) is 0 Å². The summed E-state index contributed by atoms with van der Waals surface area (Å²) in [6, 6.07) is 4.17. The Morgan fingerprint density at radius 1 is 1.40 bits per heavy atom. The van der Waals surface area contributed by atoms with Crippen molar-refractivity contribution in [2.45, 2.75) is 19.8 Å². The van der Waals surface area contributed by atoms with E-state index in [-0.39, 0.29) is 17.8 Å². The Bertz CT molecular complexity index is 530. The number of rotatable bonds is 2. The summed E-state index contributed by atoms with van der Waals surface area (Å²) in [5.74, 6) is -1.24. The molecular weight excluding hydrogens is 261 g/mol. The number of piperidine rings is 1. The summed E-state index contributed by atoms with van der Waals surface area (Å²) in [4.78, 5) is 25.6. The Kier molecular flexibility index (Phi) is 4.37. The maximum Gasteiger partial charge on any atom is 0.310 e. The Hall–Kier alpha value is -1.91. The summed E-state index contributed by atoms with van der Waals surface area (Å²) < 4.78 is 18.0. The zero-order chi connectivity index (χ0) is 14.7. The van der Waals surface area contributed by atoms with Gasteiger partial charge in [-0.3, -0.25) is 9.59 Å². The summed E-state index contributed by atoms with van der Waals surface area (Å²) in [7, 11) is 1.35. The molecule has 5 heteroatoms. The van der Waals surface area contributed by atoms with Gasteiger partial charge in [0.2, 0.25) is 0 Å². The Morgan fingerprint density at radius 3 is 2.85 bits per heavy atom. The summed E-state index contributed by atoms with van der Waals surface area (Å²) in [5, 5.41) is 0. The lowest BCUT2D eigenvalue weighted by molar-refractivity contribution is -0.146. The molecule has 20 heavy (non-hydrogen) atoms. The minimum absolute atomic E-state index is 0.226. The second-order valence-electron chi connectivity index (χ2n) is 5.07. The summed E-state index contributed by atoms with van der Waals surface area (Å²) in [5.41, 5.74) is 1.09. The monoisotopic (exact) mass is 279 g/mol. The van der Waals surface area contributed by atoms with Crippen molar-refractivity contribution in [3.05, 3.63) is 35.1 Å². The molecule has 1 aromatic rings. The van der Waals surface area contributed by atoms with Gasteiger partial charge in [0.05, 0.1) is 13.0 Å². The van der Waals surface area contributed by atoms with Crippen molar-refractivity contribution in [2.24, 2.45) is 5.92 Å². The van der Waals surface area contributed by atoms with Crippen LogP contribution in [0.3, 0.4) is 0 Å². The first kappa shape index (κ1) is 14.5. The molecule has 0 saturated carbocycles. The van der Waals surface area contributed by atoms with E-state index in [0.717, 1.165) is 18.4 Å². The van der Waals surface area contributed by atoms with Gasteiger partial charge in [0.1, 0.15) is 5.82 Å². The number of benzene rings is 1. The van der Waals surface area contributed by atoms with Gasteiger partial charge in [-0.05, 0) is 37.5 Å². The molecule has 2 rings (SSSR count).